The molecule has 0 bridgehead atoms. The van der Waals surface area contributed by atoms with Gasteiger partial charge in [0.1, 0.15) is 6.04 Å². The summed E-state index contributed by atoms with van der Waals surface area (Å²) in [5, 5.41) is 11.3. The van der Waals surface area contributed by atoms with Gasteiger partial charge in [0, 0.05) is 20.0 Å². The van der Waals surface area contributed by atoms with Crippen molar-refractivity contribution in [3.05, 3.63) is 0 Å². The fourth-order valence-corrected chi connectivity index (χ4v) is 1.33. The number of carbonyl (C=O) groups excluding carboxylic acids is 2. The number of likely N-dealkylation sites (N-methyl/N-ethyl adjacent to an activating group) is 1. The van der Waals surface area contributed by atoms with E-state index in [0.717, 1.165) is 0 Å². The van der Waals surface area contributed by atoms with Crippen molar-refractivity contribution in [2.24, 2.45) is 5.73 Å². The molecule has 0 fully saturated rings. The first-order chi connectivity index (χ1) is 9.23. The highest BCUT2D eigenvalue weighted by molar-refractivity contribution is 5.83. The number of rotatable bonds is 9. The van der Waals surface area contributed by atoms with Crippen molar-refractivity contribution in [2.75, 3.05) is 20.2 Å². The van der Waals surface area contributed by atoms with Gasteiger partial charge in [0.15, 0.2) is 0 Å². The molecule has 0 aromatic rings. The van der Waals surface area contributed by atoms with Crippen LogP contribution in [0.4, 0.5) is 4.79 Å². The van der Waals surface area contributed by atoms with E-state index in [-0.39, 0.29) is 18.9 Å². The van der Waals surface area contributed by atoms with E-state index in [0.29, 0.717) is 13.2 Å². The molecule has 0 aromatic carbocycles. The van der Waals surface area contributed by atoms with Crippen LogP contribution in [0.5, 0.6) is 0 Å². The number of amides is 3. The minimum absolute atomic E-state index is 0.0350. The summed E-state index contributed by atoms with van der Waals surface area (Å²) in [6.45, 7) is 4.46. The zero-order chi connectivity index (χ0) is 15.7. The zero-order valence-corrected chi connectivity index (χ0v) is 12.1. The topological polar surface area (TPSA) is 122 Å². The van der Waals surface area contributed by atoms with E-state index in [1.54, 1.807) is 0 Å². The lowest BCUT2D eigenvalue weighted by atomic mass is 10.1. The van der Waals surface area contributed by atoms with E-state index in [1.807, 2.05) is 13.8 Å². The van der Waals surface area contributed by atoms with Crippen LogP contribution in [0.2, 0.25) is 0 Å². The average Bonchev–Trinajstić information content (AvgIpc) is 2.32. The number of hydrogen-bond acceptors (Lipinski definition) is 4. The summed E-state index contributed by atoms with van der Waals surface area (Å²) in [5.74, 6) is -1.81. The van der Waals surface area contributed by atoms with E-state index in [4.69, 9.17) is 15.6 Å². The number of nitrogens with one attached hydrogen (secondary N) is 1. The molecule has 3 amide bonds. The predicted octanol–water partition coefficient (Wildman–Crippen LogP) is -0.228. The minimum atomic E-state index is -1.20. The maximum Gasteiger partial charge on any atom is 0.326 e. The van der Waals surface area contributed by atoms with Crippen molar-refractivity contribution >= 4 is 17.9 Å². The first-order valence-electron chi connectivity index (χ1n) is 6.38. The zero-order valence-electron chi connectivity index (χ0n) is 12.1. The van der Waals surface area contributed by atoms with Crippen LogP contribution in [-0.4, -0.2) is 60.3 Å². The summed E-state index contributed by atoms with van der Waals surface area (Å²) >= 11 is 0. The Hall–Kier alpha value is -1.83. The Morgan fingerprint density at radius 1 is 1.35 bits per heavy atom. The second kappa shape index (κ2) is 9.13. The van der Waals surface area contributed by atoms with Gasteiger partial charge in [-0.05, 0) is 20.3 Å². The summed E-state index contributed by atoms with van der Waals surface area (Å²) < 4.78 is 5.29. The number of aliphatic carboxylic acids is 1. The molecule has 0 aliphatic carbocycles. The van der Waals surface area contributed by atoms with Gasteiger partial charge in [-0.1, -0.05) is 0 Å². The van der Waals surface area contributed by atoms with Gasteiger partial charge >= 0.3 is 12.0 Å². The van der Waals surface area contributed by atoms with Crippen molar-refractivity contribution in [3.8, 4) is 0 Å². The number of urea groups is 1. The summed E-state index contributed by atoms with van der Waals surface area (Å²) in [6.07, 6.45) is -0.0711. The predicted molar refractivity (Wildman–Crippen MR) is 72.1 cm³/mol. The summed E-state index contributed by atoms with van der Waals surface area (Å²) in [6, 6.07) is -1.67. The summed E-state index contributed by atoms with van der Waals surface area (Å²) in [4.78, 5) is 34.7. The molecular weight excluding hydrogens is 266 g/mol. The fraction of sp³-hybridized carbons (Fsp3) is 0.750. The maximum absolute atomic E-state index is 11.8. The smallest absolute Gasteiger partial charge is 0.326 e. The number of carboxylic acids is 1. The number of primary amides is 1. The third-order valence-corrected chi connectivity index (χ3v) is 2.50. The van der Waals surface area contributed by atoms with Crippen LogP contribution >= 0.6 is 0 Å². The lowest BCUT2D eigenvalue weighted by Gasteiger charge is -2.21. The quantitative estimate of drug-likeness (QED) is 0.541. The van der Waals surface area contributed by atoms with Crippen LogP contribution < -0.4 is 11.1 Å². The van der Waals surface area contributed by atoms with Crippen LogP contribution in [0.15, 0.2) is 0 Å². The molecule has 0 saturated heterocycles. The normalized spacial score (nSPS) is 12.0. The number of nitrogens with two attached hydrogens (primary N) is 1. The van der Waals surface area contributed by atoms with Crippen molar-refractivity contribution in [1.29, 1.82) is 0 Å². The molecule has 1 atom stereocenters. The summed E-state index contributed by atoms with van der Waals surface area (Å²) in [5.41, 5.74) is 4.95. The Kier molecular flexibility index (Phi) is 8.30. The van der Waals surface area contributed by atoms with Crippen LogP contribution in [0, 0.1) is 0 Å². The molecular formula is C12H23N3O5. The van der Waals surface area contributed by atoms with E-state index >= 15 is 0 Å². The van der Waals surface area contributed by atoms with Crippen LogP contribution in [0.1, 0.15) is 26.7 Å². The Morgan fingerprint density at radius 3 is 2.40 bits per heavy atom. The minimum Gasteiger partial charge on any atom is -0.480 e. The van der Waals surface area contributed by atoms with Crippen LogP contribution in [0.3, 0.4) is 0 Å². The van der Waals surface area contributed by atoms with Gasteiger partial charge in [0.2, 0.25) is 5.91 Å². The number of nitrogens with zero attached hydrogens (tertiary/aromatic N) is 1. The molecule has 116 valence electrons. The second-order valence-corrected chi connectivity index (χ2v) is 4.69. The van der Waals surface area contributed by atoms with E-state index in [1.165, 1.54) is 11.9 Å². The first-order valence-corrected chi connectivity index (χ1v) is 6.38. The van der Waals surface area contributed by atoms with Gasteiger partial charge in [-0.2, -0.15) is 0 Å². The lowest BCUT2D eigenvalue weighted by molar-refractivity contribution is -0.139. The number of carboxylic acid groups (broad SMARTS) is 1. The summed E-state index contributed by atoms with van der Waals surface area (Å²) in [7, 11) is 1.53. The van der Waals surface area contributed by atoms with Gasteiger partial charge in [-0.15, -0.1) is 0 Å². The van der Waals surface area contributed by atoms with Gasteiger partial charge in [-0.25, -0.2) is 9.59 Å². The molecule has 8 nitrogen and oxygen atoms in total. The Labute approximate surface area is 118 Å². The standard InChI is InChI=1S/C12H23N3O5/c1-8(2)20-7-6-15(3)12(19)14-9(11(17)18)4-5-10(13)16/h8-9H,4-7H2,1-3H3,(H2,13,16)(H,14,19)(H,17,18)/t9-/m1/s1. The fourth-order valence-electron chi connectivity index (χ4n) is 1.33. The molecule has 8 heteroatoms. The molecule has 0 heterocycles. The van der Waals surface area contributed by atoms with E-state index in [2.05, 4.69) is 5.32 Å². The number of ether oxygens (including phenoxy) is 1. The van der Waals surface area contributed by atoms with Gasteiger partial charge < -0.3 is 25.8 Å². The van der Waals surface area contributed by atoms with Crippen molar-refractivity contribution in [3.63, 3.8) is 0 Å². The highest BCUT2D eigenvalue weighted by Gasteiger charge is 2.22. The van der Waals surface area contributed by atoms with E-state index < -0.39 is 23.9 Å². The highest BCUT2D eigenvalue weighted by Crippen LogP contribution is 1.99. The largest absolute Gasteiger partial charge is 0.480 e. The van der Waals surface area contributed by atoms with E-state index in [9.17, 15) is 14.4 Å². The van der Waals surface area contributed by atoms with Crippen LogP contribution in [0.25, 0.3) is 0 Å². The second-order valence-electron chi connectivity index (χ2n) is 4.69. The Bertz CT molecular complexity index is 346. The molecule has 0 aliphatic rings. The Morgan fingerprint density at radius 2 is 1.95 bits per heavy atom. The van der Waals surface area contributed by atoms with Crippen molar-refractivity contribution < 1.29 is 24.2 Å². The third-order valence-electron chi connectivity index (χ3n) is 2.50. The Balaban J connectivity index is 4.23. The van der Waals surface area contributed by atoms with Crippen LogP contribution in [-0.2, 0) is 14.3 Å². The highest BCUT2D eigenvalue weighted by atomic mass is 16.5. The third kappa shape index (κ3) is 8.30. The monoisotopic (exact) mass is 289 g/mol. The number of hydrogen-bond donors (Lipinski definition) is 3. The molecule has 0 saturated carbocycles. The van der Waals surface area contributed by atoms with Gasteiger partial charge in [0.05, 0.1) is 12.7 Å². The molecule has 0 aliphatic heterocycles. The molecule has 0 spiro atoms. The molecule has 0 aromatic heterocycles. The molecule has 0 unspecified atom stereocenters. The first kappa shape index (κ1) is 18.2. The average molecular weight is 289 g/mol. The lowest BCUT2D eigenvalue weighted by Crippen LogP contribution is -2.47. The molecule has 0 rings (SSSR count). The molecule has 20 heavy (non-hydrogen) atoms. The molecule has 0 radical (unpaired) electrons. The number of carbonyl (C=O) groups is 3. The molecule has 4 N–H and O–H groups in total. The van der Waals surface area contributed by atoms with Crippen molar-refractivity contribution in [1.82, 2.24) is 10.2 Å². The SMILES string of the molecule is CC(C)OCCN(C)C(=O)N[C@H](CCC(N)=O)C(=O)O. The van der Waals surface area contributed by atoms with Gasteiger partial charge in [0.25, 0.3) is 0 Å². The maximum atomic E-state index is 11.8. The van der Waals surface area contributed by atoms with Crippen molar-refractivity contribution in [2.45, 2.75) is 38.8 Å². The van der Waals surface area contributed by atoms with Gasteiger partial charge in [-0.3, -0.25) is 4.79 Å².